The van der Waals surface area contributed by atoms with Gasteiger partial charge in [0.2, 0.25) is 0 Å². The first-order valence-corrected chi connectivity index (χ1v) is 13.7. The number of aromatic nitrogens is 2. The molecule has 0 radical (unpaired) electrons. The van der Waals surface area contributed by atoms with Crippen molar-refractivity contribution in [3.63, 3.8) is 0 Å². The largest absolute Gasteiger partial charge is 0.361 e. The molecule has 2 N–H and O–H groups in total. The van der Waals surface area contributed by atoms with Crippen LogP contribution in [0.4, 0.5) is 9.18 Å². The second-order valence-electron chi connectivity index (χ2n) is 7.93. The molecule has 1 heterocycles. The minimum atomic E-state index is -1.13. The van der Waals surface area contributed by atoms with Crippen LogP contribution in [0.2, 0.25) is 25.7 Å². The van der Waals surface area contributed by atoms with Gasteiger partial charge in [0.1, 0.15) is 12.5 Å². The summed E-state index contributed by atoms with van der Waals surface area (Å²) in [5.74, 6) is -1.54. The van der Waals surface area contributed by atoms with Gasteiger partial charge in [0.15, 0.2) is 0 Å². The fourth-order valence-corrected chi connectivity index (χ4v) is 3.46. The number of carbonyl (C=O) groups is 2. The van der Waals surface area contributed by atoms with Crippen LogP contribution in [-0.2, 0) is 11.5 Å². The summed E-state index contributed by atoms with van der Waals surface area (Å²) in [6.45, 7) is 9.70. The molecule has 0 spiro atoms. The summed E-state index contributed by atoms with van der Waals surface area (Å²) in [5.41, 5.74) is 0.409. The normalized spacial score (nSPS) is 12.5. The fourth-order valence-electron chi connectivity index (χ4n) is 2.37. The Labute approximate surface area is 179 Å². The Bertz CT molecular complexity index is 869. The minimum absolute atomic E-state index is 0.212. The average Bonchev–Trinajstić information content (AvgIpc) is 3.06. The number of rotatable bonds is 8. The predicted molar refractivity (Wildman–Crippen MR) is 115 cm³/mol. The van der Waals surface area contributed by atoms with Crippen molar-refractivity contribution in [2.45, 2.75) is 45.4 Å². The number of hydrogen-bond acceptors (Lipinski definition) is 4. The van der Waals surface area contributed by atoms with Gasteiger partial charge in [0, 0.05) is 25.4 Å². The van der Waals surface area contributed by atoms with Crippen LogP contribution in [0.1, 0.15) is 29.0 Å². The molecule has 1 unspecified atom stereocenters. The molecule has 29 heavy (non-hydrogen) atoms. The lowest BCUT2D eigenvalue weighted by atomic mass is 10.2. The number of hydrogen-bond donors (Lipinski definition) is 2. The standard InChI is InChI=1S/C19H26BrFN4O3Si/c1-13(17-10-25(11-22-17)12-28-7-8-29(2,3)4)23-19(27)24-18(26)15-6-5-14(20)9-16(15)21/h5-6,9-11,13H,7-8,12H2,1-4H3,(H2,23,24,26,27). The lowest BCUT2D eigenvalue weighted by molar-refractivity contribution is 0.0870. The van der Waals surface area contributed by atoms with Crippen molar-refractivity contribution < 1.29 is 18.7 Å². The van der Waals surface area contributed by atoms with Crippen molar-refractivity contribution in [3.05, 3.63) is 52.3 Å². The zero-order chi connectivity index (χ0) is 21.6. The maximum absolute atomic E-state index is 13.8. The van der Waals surface area contributed by atoms with Crippen LogP contribution >= 0.6 is 15.9 Å². The van der Waals surface area contributed by atoms with E-state index in [1.807, 2.05) is 0 Å². The topological polar surface area (TPSA) is 85.2 Å². The third kappa shape index (κ3) is 7.71. The number of benzene rings is 1. The molecule has 0 aliphatic heterocycles. The number of halogens is 2. The number of amides is 3. The highest BCUT2D eigenvalue weighted by Crippen LogP contribution is 2.15. The van der Waals surface area contributed by atoms with Crippen molar-refractivity contribution in [2.75, 3.05) is 6.61 Å². The van der Waals surface area contributed by atoms with Gasteiger partial charge in [-0.3, -0.25) is 10.1 Å². The van der Waals surface area contributed by atoms with E-state index in [4.69, 9.17) is 4.74 Å². The Morgan fingerprint density at radius 1 is 1.34 bits per heavy atom. The lowest BCUT2D eigenvalue weighted by Gasteiger charge is -2.15. The molecule has 7 nitrogen and oxygen atoms in total. The van der Waals surface area contributed by atoms with Gasteiger partial charge in [0.25, 0.3) is 5.91 Å². The summed E-state index contributed by atoms with van der Waals surface area (Å²) < 4.78 is 21.8. The molecular formula is C19H26BrFN4O3Si. The maximum atomic E-state index is 13.8. The number of nitrogens with zero attached hydrogens (tertiary/aromatic N) is 2. The van der Waals surface area contributed by atoms with Gasteiger partial charge in [0.05, 0.1) is 23.6 Å². The third-order valence-corrected chi connectivity index (χ3v) is 6.28. The van der Waals surface area contributed by atoms with E-state index >= 15 is 0 Å². The zero-order valence-corrected chi connectivity index (χ0v) is 19.5. The molecule has 0 saturated heterocycles. The van der Waals surface area contributed by atoms with Crippen LogP contribution in [-0.4, -0.2) is 36.2 Å². The van der Waals surface area contributed by atoms with Crippen LogP contribution in [0.15, 0.2) is 35.2 Å². The van der Waals surface area contributed by atoms with Gasteiger partial charge in [-0.05, 0) is 31.2 Å². The molecule has 1 aromatic heterocycles. The van der Waals surface area contributed by atoms with E-state index in [0.29, 0.717) is 23.5 Å². The minimum Gasteiger partial charge on any atom is -0.361 e. The fraction of sp³-hybridized carbons (Fsp3) is 0.421. The van der Waals surface area contributed by atoms with E-state index in [9.17, 15) is 14.0 Å². The van der Waals surface area contributed by atoms with Gasteiger partial charge in [-0.25, -0.2) is 14.2 Å². The maximum Gasteiger partial charge on any atom is 0.322 e. The van der Waals surface area contributed by atoms with Gasteiger partial charge in [-0.1, -0.05) is 35.6 Å². The summed E-state index contributed by atoms with van der Waals surface area (Å²) in [7, 11) is -1.13. The summed E-state index contributed by atoms with van der Waals surface area (Å²) in [6.07, 6.45) is 3.40. The van der Waals surface area contributed by atoms with Crippen LogP contribution in [0, 0.1) is 5.82 Å². The number of urea groups is 1. The van der Waals surface area contributed by atoms with Crippen LogP contribution in [0.3, 0.4) is 0 Å². The molecule has 10 heteroatoms. The zero-order valence-electron chi connectivity index (χ0n) is 17.0. The highest BCUT2D eigenvalue weighted by atomic mass is 79.9. The van der Waals surface area contributed by atoms with Crippen LogP contribution in [0.25, 0.3) is 0 Å². The predicted octanol–water partition coefficient (Wildman–Crippen LogP) is 4.30. The molecule has 0 aliphatic rings. The second-order valence-corrected chi connectivity index (χ2v) is 14.5. The number of imide groups is 1. The quantitative estimate of drug-likeness (QED) is 0.432. The third-order valence-electron chi connectivity index (χ3n) is 4.08. The van der Waals surface area contributed by atoms with E-state index in [1.54, 1.807) is 24.0 Å². The van der Waals surface area contributed by atoms with Crippen molar-refractivity contribution in [1.82, 2.24) is 20.2 Å². The van der Waals surface area contributed by atoms with Gasteiger partial charge >= 0.3 is 6.03 Å². The monoisotopic (exact) mass is 484 g/mol. The van der Waals surface area contributed by atoms with E-state index in [1.165, 1.54) is 12.1 Å². The number of nitrogens with one attached hydrogen (secondary N) is 2. The van der Waals surface area contributed by atoms with Crippen LogP contribution in [0.5, 0.6) is 0 Å². The number of imidazole rings is 1. The summed E-state index contributed by atoms with van der Waals surface area (Å²) in [4.78, 5) is 28.4. The molecule has 0 saturated carbocycles. The molecule has 0 aliphatic carbocycles. The smallest absolute Gasteiger partial charge is 0.322 e. The van der Waals surface area contributed by atoms with E-state index < -0.39 is 31.9 Å². The Morgan fingerprint density at radius 3 is 2.72 bits per heavy atom. The molecule has 1 aromatic carbocycles. The highest BCUT2D eigenvalue weighted by molar-refractivity contribution is 9.10. The molecule has 0 bridgehead atoms. The highest BCUT2D eigenvalue weighted by Gasteiger charge is 2.18. The Morgan fingerprint density at radius 2 is 2.07 bits per heavy atom. The first-order valence-electron chi connectivity index (χ1n) is 9.21. The van der Waals surface area contributed by atoms with Crippen molar-refractivity contribution >= 4 is 35.9 Å². The molecule has 1 atom stereocenters. The second kappa shape index (κ2) is 10.1. The molecule has 3 amide bonds. The molecule has 0 fully saturated rings. The van der Waals surface area contributed by atoms with Crippen LogP contribution < -0.4 is 10.6 Å². The molecule has 2 rings (SSSR count). The van der Waals surface area contributed by atoms with Crippen molar-refractivity contribution in [2.24, 2.45) is 0 Å². The molecule has 158 valence electrons. The first kappa shape index (κ1) is 23.2. The SMILES string of the molecule is CC(NC(=O)NC(=O)c1ccc(Br)cc1F)c1cn(COCC[Si](C)(C)C)cn1. The van der Waals surface area contributed by atoms with E-state index in [0.717, 1.165) is 12.1 Å². The Kier molecular flexibility index (Phi) is 8.11. The number of ether oxygens (including phenoxy) is 1. The summed E-state index contributed by atoms with van der Waals surface area (Å²) in [6, 6.07) is 3.89. The summed E-state index contributed by atoms with van der Waals surface area (Å²) in [5, 5.41) is 4.73. The molecular weight excluding hydrogens is 459 g/mol. The summed E-state index contributed by atoms with van der Waals surface area (Å²) >= 11 is 3.12. The van der Waals surface area contributed by atoms with Gasteiger partial charge in [-0.2, -0.15) is 0 Å². The van der Waals surface area contributed by atoms with Gasteiger partial charge < -0.3 is 14.6 Å². The Balaban J connectivity index is 1.83. The number of carbonyl (C=O) groups excluding carboxylic acids is 2. The Hall–Kier alpha value is -2.04. The lowest BCUT2D eigenvalue weighted by Crippen LogP contribution is -2.40. The van der Waals surface area contributed by atoms with E-state index in [-0.39, 0.29) is 5.56 Å². The van der Waals surface area contributed by atoms with Gasteiger partial charge in [-0.15, -0.1) is 0 Å². The van der Waals surface area contributed by atoms with E-state index in [2.05, 4.69) is 51.2 Å². The first-order chi connectivity index (χ1) is 13.5. The average molecular weight is 485 g/mol. The molecule has 2 aromatic rings. The van der Waals surface area contributed by atoms with Crippen molar-refractivity contribution in [1.29, 1.82) is 0 Å². The van der Waals surface area contributed by atoms with Crippen molar-refractivity contribution in [3.8, 4) is 0 Å².